The molecule has 0 bridgehead atoms. The first kappa shape index (κ1) is 12.0. The molecule has 3 nitrogen and oxygen atoms in total. The Morgan fingerprint density at radius 2 is 1.74 bits per heavy atom. The van der Waals surface area contributed by atoms with E-state index in [2.05, 4.69) is 21.2 Å². The number of halogens is 1. The standard InChI is InChI=1S/C15H10BrNO2/c16-10-5-7-11(8-6-10)17-13-9-15(18)19-14-4-2-1-3-12(13)14/h1-9,17H. The first-order valence-electron chi connectivity index (χ1n) is 5.78. The van der Waals surface area contributed by atoms with Crippen LogP contribution in [0.3, 0.4) is 0 Å². The van der Waals surface area contributed by atoms with Gasteiger partial charge in [-0.15, -0.1) is 0 Å². The maximum Gasteiger partial charge on any atom is 0.338 e. The second kappa shape index (κ2) is 4.90. The highest BCUT2D eigenvalue weighted by atomic mass is 79.9. The SMILES string of the molecule is O=c1cc(Nc2ccc(Br)cc2)c2ccccc2o1. The fourth-order valence-electron chi connectivity index (χ4n) is 1.90. The van der Waals surface area contributed by atoms with Crippen molar-refractivity contribution in [2.75, 3.05) is 5.32 Å². The van der Waals surface area contributed by atoms with Gasteiger partial charge in [-0.2, -0.15) is 0 Å². The van der Waals surface area contributed by atoms with E-state index in [1.807, 2.05) is 42.5 Å². The van der Waals surface area contributed by atoms with Gasteiger partial charge in [-0.25, -0.2) is 4.79 Å². The van der Waals surface area contributed by atoms with Gasteiger partial charge in [0.1, 0.15) is 5.58 Å². The molecule has 0 radical (unpaired) electrons. The van der Waals surface area contributed by atoms with E-state index in [0.717, 1.165) is 21.2 Å². The second-order valence-electron chi connectivity index (χ2n) is 4.11. The van der Waals surface area contributed by atoms with Gasteiger partial charge >= 0.3 is 5.63 Å². The van der Waals surface area contributed by atoms with Crippen molar-refractivity contribution in [3.63, 3.8) is 0 Å². The molecule has 19 heavy (non-hydrogen) atoms. The molecule has 0 atom stereocenters. The molecule has 3 rings (SSSR count). The lowest BCUT2D eigenvalue weighted by atomic mass is 10.2. The summed E-state index contributed by atoms with van der Waals surface area (Å²) < 4.78 is 6.17. The first-order valence-corrected chi connectivity index (χ1v) is 6.57. The van der Waals surface area contributed by atoms with Crippen molar-refractivity contribution in [1.29, 1.82) is 0 Å². The van der Waals surface area contributed by atoms with Crippen molar-refractivity contribution in [3.8, 4) is 0 Å². The molecule has 2 aromatic carbocycles. The zero-order chi connectivity index (χ0) is 13.2. The Kier molecular flexibility index (Phi) is 3.09. The van der Waals surface area contributed by atoms with E-state index in [9.17, 15) is 4.79 Å². The summed E-state index contributed by atoms with van der Waals surface area (Å²) >= 11 is 3.39. The smallest absolute Gasteiger partial charge is 0.338 e. The van der Waals surface area contributed by atoms with E-state index in [-0.39, 0.29) is 5.63 Å². The van der Waals surface area contributed by atoms with Crippen LogP contribution in [0.2, 0.25) is 0 Å². The number of benzene rings is 2. The van der Waals surface area contributed by atoms with Gasteiger partial charge < -0.3 is 9.73 Å². The van der Waals surface area contributed by atoms with Gasteiger partial charge in [0.15, 0.2) is 0 Å². The van der Waals surface area contributed by atoms with Crippen LogP contribution in [0.5, 0.6) is 0 Å². The Morgan fingerprint density at radius 3 is 2.53 bits per heavy atom. The summed E-state index contributed by atoms with van der Waals surface area (Å²) in [6, 6.07) is 16.7. The number of fused-ring (bicyclic) bond motifs is 1. The van der Waals surface area contributed by atoms with Gasteiger partial charge in [0.05, 0.1) is 5.69 Å². The monoisotopic (exact) mass is 315 g/mol. The van der Waals surface area contributed by atoms with Gasteiger partial charge in [-0.1, -0.05) is 28.1 Å². The van der Waals surface area contributed by atoms with Crippen LogP contribution < -0.4 is 10.9 Å². The number of hydrogen-bond donors (Lipinski definition) is 1. The Bertz CT molecular complexity index is 778. The van der Waals surface area contributed by atoms with Crippen LogP contribution in [0.1, 0.15) is 0 Å². The number of para-hydroxylation sites is 1. The van der Waals surface area contributed by atoms with Gasteiger partial charge in [-0.3, -0.25) is 0 Å². The zero-order valence-electron chi connectivity index (χ0n) is 9.89. The predicted octanol–water partition coefficient (Wildman–Crippen LogP) is 4.30. The summed E-state index contributed by atoms with van der Waals surface area (Å²) in [5.41, 5.74) is 1.88. The molecule has 0 aliphatic carbocycles. The average molecular weight is 316 g/mol. The highest BCUT2D eigenvalue weighted by Gasteiger charge is 2.05. The molecule has 0 unspecified atom stereocenters. The number of rotatable bonds is 2. The van der Waals surface area contributed by atoms with Crippen molar-refractivity contribution < 1.29 is 4.42 Å². The predicted molar refractivity (Wildman–Crippen MR) is 79.9 cm³/mol. The quantitative estimate of drug-likeness (QED) is 0.717. The minimum Gasteiger partial charge on any atom is -0.423 e. The molecule has 1 N–H and O–H groups in total. The lowest BCUT2D eigenvalue weighted by molar-refractivity contribution is 0.561. The third-order valence-corrected chi connectivity index (χ3v) is 3.30. The molecular weight excluding hydrogens is 306 g/mol. The van der Waals surface area contributed by atoms with Crippen LogP contribution in [0.4, 0.5) is 11.4 Å². The van der Waals surface area contributed by atoms with Crippen LogP contribution in [0.15, 0.2) is 68.3 Å². The van der Waals surface area contributed by atoms with Crippen LogP contribution in [-0.4, -0.2) is 0 Å². The fourth-order valence-corrected chi connectivity index (χ4v) is 2.17. The fraction of sp³-hybridized carbons (Fsp3) is 0. The van der Waals surface area contributed by atoms with Crippen LogP contribution in [0, 0.1) is 0 Å². The van der Waals surface area contributed by atoms with Crippen LogP contribution in [-0.2, 0) is 0 Å². The second-order valence-corrected chi connectivity index (χ2v) is 5.02. The normalized spacial score (nSPS) is 10.6. The molecule has 94 valence electrons. The van der Waals surface area contributed by atoms with E-state index in [1.54, 1.807) is 6.07 Å². The summed E-state index contributed by atoms with van der Waals surface area (Å²) in [5, 5.41) is 4.11. The van der Waals surface area contributed by atoms with E-state index in [4.69, 9.17) is 4.42 Å². The third-order valence-electron chi connectivity index (χ3n) is 2.77. The number of nitrogens with one attached hydrogen (secondary N) is 1. The molecule has 0 saturated carbocycles. The number of anilines is 2. The van der Waals surface area contributed by atoms with Crippen molar-refractivity contribution in [2.24, 2.45) is 0 Å². The molecule has 0 amide bonds. The summed E-state index contributed by atoms with van der Waals surface area (Å²) in [6.45, 7) is 0. The Hall–Kier alpha value is -2.07. The van der Waals surface area contributed by atoms with Gasteiger partial charge in [0.25, 0.3) is 0 Å². The van der Waals surface area contributed by atoms with Gasteiger partial charge in [-0.05, 0) is 36.4 Å². The van der Waals surface area contributed by atoms with E-state index >= 15 is 0 Å². The first-order chi connectivity index (χ1) is 9.22. The lowest BCUT2D eigenvalue weighted by Crippen LogP contribution is -2.00. The van der Waals surface area contributed by atoms with Crippen molar-refractivity contribution >= 4 is 38.3 Å². The molecule has 1 aromatic heterocycles. The Balaban J connectivity index is 2.09. The summed E-state index contributed by atoms with van der Waals surface area (Å²) in [4.78, 5) is 11.5. The summed E-state index contributed by atoms with van der Waals surface area (Å²) in [7, 11) is 0. The maximum absolute atomic E-state index is 11.5. The molecule has 1 heterocycles. The van der Waals surface area contributed by atoms with E-state index in [0.29, 0.717) is 5.58 Å². The van der Waals surface area contributed by atoms with Crippen LogP contribution >= 0.6 is 15.9 Å². The topological polar surface area (TPSA) is 42.2 Å². The minimum absolute atomic E-state index is 0.363. The highest BCUT2D eigenvalue weighted by Crippen LogP contribution is 2.25. The van der Waals surface area contributed by atoms with Crippen molar-refractivity contribution in [2.45, 2.75) is 0 Å². The van der Waals surface area contributed by atoms with E-state index in [1.165, 1.54) is 6.07 Å². The minimum atomic E-state index is -0.363. The molecule has 3 aromatic rings. The number of hydrogen-bond acceptors (Lipinski definition) is 3. The lowest BCUT2D eigenvalue weighted by Gasteiger charge is -2.08. The largest absolute Gasteiger partial charge is 0.423 e. The molecule has 0 fully saturated rings. The summed E-state index contributed by atoms with van der Waals surface area (Å²) in [5.74, 6) is 0. The summed E-state index contributed by atoms with van der Waals surface area (Å²) in [6.07, 6.45) is 0. The molecule has 0 aliphatic heterocycles. The molecule has 4 heteroatoms. The van der Waals surface area contributed by atoms with Crippen molar-refractivity contribution in [3.05, 3.63) is 69.5 Å². The highest BCUT2D eigenvalue weighted by molar-refractivity contribution is 9.10. The zero-order valence-corrected chi connectivity index (χ0v) is 11.5. The van der Waals surface area contributed by atoms with Gasteiger partial charge in [0, 0.05) is 21.6 Å². The molecular formula is C15H10BrNO2. The average Bonchev–Trinajstić information content (AvgIpc) is 2.41. The Morgan fingerprint density at radius 1 is 1.00 bits per heavy atom. The van der Waals surface area contributed by atoms with Gasteiger partial charge in [0.2, 0.25) is 0 Å². The molecule has 0 aliphatic rings. The Labute approximate surface area is 118 Å². The van der Waals surface area contributed by atoms with Crippen molar-refractivity contribution in [1.82, 2.24) is 0 Å². The van der Waals surface area contributed by atoms with E-state index < -0.39 is 0 Å². The van der Waals surface area contributed by atoms with Crippen LogP contribution in [0.25, 0.3) is 11.0 Å². The molecule has 0 spiro atoms. The maximum atomic E-state index is 11.5. The third kappa shape index (κ3) is 2.53. The molecule has 0 saturated heterocycles.